The second kappa shape index (κ2) is 5.46. The first-order valence-corrected chi connectivity index (χ1v) is 3.31. The molecule has 0 rings (SSSR count). The van der Waals surface area contributed by atoms with Crippen LogP contribution in [0.2, 0.25) is 0 Å². The van der Waals surface area contributed by atoms with Crippen LogP contribution in [0, 0.1) is 5.41 Å². The highest BCUT2D eigenvalue weighted by Crippen LogP contribution is 1.93. The molecule has 0 fully saturated rings. The van der Waals surface area contributed by atoms with Crippen molar-refractivity contribution in [2.24, 2.45) is 5.73 Å². The summed E-state index contributed by atoms with van der Waals surface area (Å²) in [6.07, 6.45) is 2.45. The van der Waals surface area contributed by atoms with Crippen LogP contribution in [0.4, 0.5) is 0 Å². The lowest BCUT2D eigenvalue weighted by Crippen LogP contribution is -2.09. The summed E-state index contributed by atoms with van der Waals surface area (Å²) < 4.78 is 4.62. The van der Waals surface area contributed by atoms with Crippen LogP contribution >= 0.6 is 0 Å². The van der Waals surface area contributed by atoms with Gasteiger partial charge in [0.05, 0.1) is 13.0 Å². The first kappa shape index (κ1) is 9.68. The molecule has 11 heavy (non-hydrogen) atoms. The minimum atomic E-state index is -0.358. The maximum atomic E-state index is 10.7. The van der Waals surface area contributed by atoms with Crippen molar-refractivity contribution in [3.05, 3.63) is 11.8 Å². The van der Waals surface area contributed by atoms with Gasteiger partial charge in [-0.05, 0) is 13.0 Å². The summed E-state index contributed by atoms with van der Waals surface area (Å²) in [5, 5.41) is 6.65. The third-order valence-corrected chi connectivity index (χ3v) is 0.951. The van der Waals surface area contributed by atoms with Gasteiger partial charge in [-0.1, -0.05) is 0 Å². The van der Waals surface area contributed by atoms with Gasteiger partial charge in [-0.15, -0.1) is 0 Å². The number of allylic oxidation sites excluding steroid dienone is 1. The molecule has 0 saturated heterocycles. The maximum absolute atomic E-state index is 10.7. The second-order valence-electron chi connectivity index (χ2n) is 1.89. The van der Waals surface area contributed by atoms with Crippen molar-refractivity contribution in [1.29, 1.82) is 5.41 Å². The topological polar surface area (TPSA) is 76.2 Å². The fourth-order valence-electron chi connectivity index (χ4n) is 0.545. The third-order valence-electron chi connectivity index (χ3n) is 0.951. The van der Waals surface area contributed by atoms with Crippen molar-refractivity contribution in [2.45, 2.75) is 13.3 Å². The molecule has 0 atom stereocenters. The zero-order valence-electron chi connectivity index (χ0n) is 6.46. The van der Waals surface area contributed by atoms with E-state index < -0.39 is 0 Å². The van der Waals surface area contributed by atoms with E-state index >= 15 is 0 Å². The lowest BCUT2D eigenvalue weighted by atomic mass is 10.3. The smallest absolute Gasteiger partial charge is 0.311 e. The van der Waals surface area contributed by atoms with Gasteiger partial charge in [0.1, 0.15) is 0 Å². The molecule has 0 unspecified atom stereocenters. The molecule has 0 aromatic rings. The predicted octanol–water partition coefficient (Wildman–Crippen LogP) is 0.432. The molecule has 0 aromatic carbocycles. The van der Waals surface area contributed by atoms with Crippen molar-refractivity contribution in [2.75, 3.05) is 6.61 Å². The Morgan fingerprint density at radius 2 is 2.36 bits per heavy atom. The van der Waals surface area contributed by atoms with E-state index in [-0.39, 0.29) is 12.4 Å². The summed E-state index contributed by atoms with van der Waals surface area (Å²) in [5.74, 6) is -0.358. The van der Waals surface area contributed by atoms with E-state index in [1.807, 2.05) is 0 Å². The van der Waals surface area contributed by atoms with Crippen LogP contribution in [-0.2, 0) is 9.53 Å². The molecule has 62 valence electrons. The Morgan fingerprint density at radius 3 is 2.82 bits per heavy atom. The van der Waals surface area contributed by atoms with E-state index in [4.69, 9.17) is 11.1 Å². The number of rotatable bonds is 4. The largest absolute Gasteiger partial charge is 0.466 e. The van der Waals surface area contributed by atoms with E-state index in [0.717, 1.165) is 6.21 Å². The van der Waals surface area contributed by atoms with E-state index in [1.165, 1.54) is 6.08 Å². The van der Waals surface area contributed by atoms with Gasteiger partial charge in [-0.2, -0.15) is 0 Å². The van der Waals surface area contributed by atoms with Crippen LogP contribution in [0.5, 0.6) is 0 Å². The Hall–Kier alpha value is -1.32. The Balaban J connectivity index is 3.74. The summed E-state index contributed by atoms with van der Waals surface area (Å²) in [6, 6.07) is 0. The highest BCUT2D eigenvalue weighted by atomic mass is 16.5. The van der Waals surface area contributed by atoms with Gasteiger partial charge in [-0.3, -0.25) is 4.79 Å². The number of hydrogen-bond acceptors (Lipinski definition) is 4. The van der Waals surface area contributed by atoms with E-state index in [2.05, 4.69) is 4.74 Å². The van der Waals surface area contributed by atoms with Crippen LogP contribution < -0.4 is 5.73 Å². The zero-order chi connectivity index (χ0) is 8.69. The average molecular weight is 156 g/mol. The predicted molar refractivity (Wildman–Crippen MR) is 42.3 cm³/mol. The molecule has 4 nitrogen and oxygen atoms in total. The summed E-state index contributed by atoms with van der Waals surface area (Å²) >= 11 is 0. The number of nitrogens with two attached hydrogens (primary N) is 1. The number of nitrogens with one attached hydrogen (secondary N) is 1. The summed E-state index contributed by atoms with van der Waals surface area (Å²) in [5.41, 5.74) is 5.67. The van der Waals surface area contributed by atoms with Gasteiger partial charge < -0.3 is 15.9 Å². The lowest BCUT2D eigenvalue weighted by molar-refractivity contribution is -0.142. The molecule has 0 amide bonds. The molecule has 0 bridgehead atoms. The minimum absolute atomic E-state index is 0.0587. The van der Waals surface area contributed by atoms with Gasteiger partial charge in [0.25, 0.3) is 0 Å². The Labute approximate surface area is 65.5 Å². The number of hydrogen-bond donors (Lipinski definition) is 2. The van der Waals surface area contributed by atoms with Crippen molar-refractivity contribution in [3.8, 4) is 0 Å². The maximum Gasteiger partial charge on any atom is 0.311 e. The van der Waals surface area contributed by atoms with Gasteiger partial charge in [-0.25, -0.2) is 0 Å². The first-order valence-electron chi connectivity index (χ1n) is 3.31. The highest BCUT2D eigenvalue weighted by molar-refractivity contribution is 5.75. The summed E-state index contributed by atoms with van der Waals surface area (Å²) in [6.45, 7) is 2.09. The third kappa shape index (κ3) is 5.14. The van der Waals surface area contributed by atoms with E-state index in [0.29, 0.717) is 12.3 Å². The molecular formula is C7H12N2O2. The van der Waals surface area contributed by atoms with Crippen LogP contribution in [-0.4, -0.2) is 18.8 Å². The summed E-state index contributed by atoms with van der Waals surface area (Å²) in [4.78, 5) is 10.7. The second-order valence-corrected chi connectivity index (χ2v) is 1.89. The van der Waals surface area contributed by atoms with E-state index in [1.54, 1.807) is 6.92 Å². The Morgan fingerprint density at radius 1 is 1.73 bits per heavy atom. The number of ether oxygens (including phenoxy) is 1. The fourth-order valence-corrected chi connectivity index (χ4v) is 0.545. The Kier molecular flexibility index (Phi) is 4.81. The molecule has 0 aliphatic rings. The molecule has 0 aliphatic heterocycles. The van der Waals surface area contributed by atoms with Crippen LogP contribution in [0.1, 0.15) is 13.3 Å². The van der Waals surface area contributed by atoms with Gasteiger partial charge >= 0.3 is 5.97 Å². The molecule has 0 aromatic heterocycles. The van der Waals surface area contributed by atoms with Crippen molar-refractivity contribution in [3.63, 3.8) is 0 Å². The van der Waals surface area contributed by atoms with Crippen molar-refractivity contribution < 1.29 is 9.53 Å². The molecular weight excluding hydrogens is 144 g/mol. The normalized spacial score (nSPS) is 10.8. The molecule has 0 aliphatic carbocycles. The monoisotopic (exact) mass is 156 g/mol. The van der Waals surface area contributed by atoms with E-state index in [9.17, 15) is 4.79 Å². The van der Waals surface area contributed by atoms with Gasteiger partial charge in [0.2, 0.25) is 0 Å². The number of carbonyl (C=O) groups is 1. The number of esters is 1. The Bertz CT molecular complexity index is 175. The molecule has 0 saturated carbocycles. The van der Waals surface area contributed by atoms with Crippen LogP contribution in [0.3, 0.4) is 0 Å². The molecule has 0 spiro atoms. The minimum Gasteiger partial charge on any atom is -0.466 e. The average Bonchev–Trinajstić information content (AvgIpc) is 1.87. The summed E-state index contributed by atoms with van der Waals surface area (Å²) in [7, 11) is 0. The number of carbonyl (C=O) groups excluding carboxylic acids is 1. The fraction of sp³-hybridized carbons (Fsp3) is 0.429. The van der Waals surface area contributed by atoms with Crippen LogP contribution in [0.15, 0.2) is 11.8 Å². The molecule has 0 radical (unpaired) electrons. The highest BCUT2D eigenvalue weighted by Gasteiger charge is 2.01. The standard InChI is InChI=1S/C7H12N2O2/c1-2-11-7(10)5-6(9)3-4-8/h3-4,8H,2,5,9H2,1H3. The molecule has 4 heteroatoms. The quantitative estimate of drug-likeness (QED) is 0.457. The van der Waals surface area contributed by atoms with Crippen LogP contribution in [0.25, 0.3) is 0 Å². The molecule has 0 heterocycles. The van der Waals surface area contributed by atoms with Gasteiger partial charge in [0, 0.05) is 11.9 Å². The zero-order valence-corrected chi connectivity index (χ0v) is 6.46. The van der Waals surface area contributed by atoms with Crippen molar-refractivity contribution >= 4 is 12.2 Å². The van der Waals surface area contributed by atoms with Gasteiger partial charge in [0.15, 0.2) is 0 Å². The molecule has 3 N–H and O–H groups in total. The first-order chi connectivity index (χ1) is 5.20. The lowest BCUT2D eigenvalue weighted by Gasteiger charge is -1.99. The SMILES string of the molecule is CCOC(=O)CC(N)=CC=N. The van der Waals surface area contributed by atoms with Crippen molar-refractivity contribution in [1.82, 2.24) is 0 Å².